The number of benzene rings is 1. The number of halogens is 2. The molecule has 1 unspecified atom stereocenters. The maximum Gasteiger partial charge on any atom is 0.244 e. The summed E-state index contributed by atoms with van der Waals surface area (Å²) < 4.78 is 52.1. The highest BCUT2D eigenvalue weighted by atomic mass is 35.5. The van der Waals surface area contributed by atoms with Crippen LogP contribution in [0.15, 0.2) is 40.6 Å². The van der Waals surface area contributed by atoms with Gasteiger partial charge < -0.3 is 0 Å². The Bertz CT molecular complexity index is 972. The number of nitrogens with zero attached hydrogens (tertiary/aromatic N) is 1. The van der Waals surface area contributed by atoms with Crippen LogP contribution < -0.4 is 0 Å². The number of rotatable bonds is 3. The maximum absolute atomic E-state index is 12.9. The predicted molar refractivity (Wildman–Crippen MR) is 101 cm³/mol. The van der Waals surface area contributed by atoms with Crippen LogP contribution in [0.1, 0.15) is 16.5 Å². The van der Waals surface area contributed by atoms with Gasteiger partial charge in [-0.05, 0) is 36.1 Å². The maximum atomic E-state index is 12.9. The van der Waals surface area contributed by atoms with Crippen molar-refractivity contribution in [1.82, 2.24) is 4.31 Å². The lowest BCUT2D eigenvalue weighted by atomic mass is 10.2. The number of hydrogen-bond acceptors (Lipinski definition) is 5. The fourth-order valence-corrected chi connectivity index (χ4v) is 8.08. The SMILES string of the molecule is O=S1(=O)CCN(S(=O)(=O)c2cc(Cl)ccc2Cl)CCC1c1cccs1. The third-order valence-corrected chi connectivity index (χ3v) is 9.93. The summed E-state index contributed by atoms with van der Waals surface area (Å²) in [5.74, 6) is -0.229. The predicted octanol–water partition coefficient (Wildman–Crippen LogP) is 3.61. The average molecular weight is 440 g/mol. The number of hydrogen-bond donors (Lipinski definition) is 0. The van der Waals surface area contributed by atoms with E-state index in [0.717, 1.165) is 4.88 Å². The van der Waals surface area contributed by atoms with Gasteiger partial charge in [-0.1, -0.05) is 29.3 Å². The number of sulfone groups is 1. The minimum absolute atomic E-state index is 0.0614. The van der Waals surface area contributed by atoms with E-state index in [4.69, 9.17) is 23.2 Å². The Kier molecular flexibility index (Phi) is 5.49. The Morgan fingerprint density at radius 1 is 1.16 bits per heavy atom. The summed E-state index contributed by atoms with van der Waals surface area (Å²) in [4.78, 5) is 0.633. The molecule has 1 atom stereocenters. The van der Waals surface area contributed by atoms with Crippen LogP contribution in [0.4, 0.5) is 0 Å². The van der Waals surface area contributed by atoms with Crippen LogP contribution in [0.2, 0.25) is 10.0 Å². The molecule has 1 fully saturated rings. The number of sulfonamides is 1. The van der Waals surface area contributed by atoms with Gasteiger partial charge in [0.05, 0.1) is 16.0 Å². The van der Waals surface area contributed by atoms with Gasteiger partial charge in [-0.3, -0.25) is 0 Å². The van der Waals surface area contributed by atoms with E-state index >= 15 is 0 Å². The molecule has 0 saturated carbocycles. The molecule has 1 aliphatic heterocycles. The first-order valence-electron chi connectivity index (χ1n) is 7.42. The Hall–Kier alpha value is -0.640. The second-order valence-electron chi connectivity index (χ2n) is 5.64. The molecule has 0 radical (unpaired) electrons. The molecule has 3 rings (SSSR count). The monoisotopic (exact) mass is 439 g/mol. The van der Waals surface area contributed by atoms with Crippen LogP contribution in [0.3, 0.4) is 0 Å². The molecular weight excluding hydrogens is 425 g/mol. The van der Waals surface area contributed by atoms with Crippen molar-refractivity contribution >= 4 is 54.4 Å². The van der Waals surface area contributed by atoms with Gasteiger partial charge in [0, 0.05) is 23.0 Å². The highest BCUT2D eigenvalue weighted by Gasteiger charge is 2.36. The van der Waals surface area contributed by atoms with Crippen molar-refractivity contribution in [2.24, 2.45) is 0 Å². The fourth-order valence-electron chi connectivity index (χ4n) is 2.77. The van der Waals surface area contributed by atoms with Crippen LogP contribution in [0.25, 0.3) is 0 Å². The van der Waals surface area contributed by atoms with Crippen LogP contribution in [0, 0.1) is 0 Å². The van der Waals surface area contributed by atoms with Crippen LogP contribution in [-0.4, -0.2) is 40.0 Å². The van der Waals surface area contributed by atoms with E-state index < -0.39 is 25.1 Å². The van der Waals surface area contributed by atoms with Crippen molar-refractivity contribution in [3.63, 3.8) is 0 Å². The normalized spacial score (nSPS) is 21.8. The van der Waals surface area contributed by atoms with E-state index in [-0.39, 0.29) is 40.2 Å². The molecule has 2 aromatic rings. The molecule has 1 aromatic carbocycles. The van der Waals surface area contributed by atoms with Gasteiger partial charge in [0.1, 0.15) is 4.90 Å². The van der Waals surface area contributed by atoms with Crippen molar-refractivity contribution in [2.45, 2.75) is 16.6 Å². The van der Waals surface area contributed by atoms with E-state index in [1.54, 1.807) is 12.1 Å². The molecule has 5 nitrogen and oxygen atoms in total. The molecule has 0 N–H and O–H groups in total. The van der Waals surface area contributed by atoms with Gasteiger partial charge >= 0.3 is 0 Å². The minimum atomic E-state index is -3.93. The molecule has 0 bridgehead atoms. The Morgan fingerprint density at radius 2 is 1.92 bits per heavy atom. The molecule has 136 valence electrons. The molecule has 0 amide bonds. The second kappa shape index (κ2) is 7.17. The molecule has 10 heteroatoms. The summed E-state index contributed by atoms with van der Waals surface area (Å²) in [6, 6.07) is 7.77. The molecule has 1 aliphatic rings. The van der Waals surface area contributed by atoms with Gasteiger partial charge in [0.2, 0.25) is 10.0 Å². The van der Waals surface area contributed by atoms with Gasteiger partial charge in [0.15, 0.2) is 9.84 Å². The summed E-state index contributed by atoms with van der Waals surface area (Å²) in [6.45, 7) is 0.00234. The fraction of sp³-hybridized carbons (Fsp3) is 0.333. The first-order chi connectivity index (χ1) is 11.7. The van der Waals surface area contributed by atoms with Gasteiger partial charge in [-0.2, -0.15) is 4.31 Å². The highest BCUT2D eigenvalue weighted by molar-refractivity contribution is 7.92. The second-order valence-corrected chi connectivity index (χ2v) is 11.7. The topological polar surface area (TPSA) is 71.5 Å². The molecule has 25 heavy (non-hydrogen) atoms. The summed E-state index contributed by atoms with van der Waals surface area (Å²) in [5, 5.41) is 1.45. The lowest BCUT2D eigenvalue weighted by Gasteiger charge is -2.20. The lowest BCUT2D eigenvalue weighted by molar-refractivity contribution is 0.428. The largest absolute Gasteiger partial charge is 0.244 e. The zero-order chi connectivity index (χ0) is 18.2. The van der Waals surface area contributed by atoms with Crippen molar-refractivity contribution < 1.29 is 16.8 Å². The molecule has 1 saturated heterocycles. The molecule has 2 heterocycles. The average Bonchev–Trinajstić information content (AvgIpc) is 3.00. The Morgan fingerprint density at radius 3 is 2.60 bits per heavy atom. The summed E-state index contributed by atoms with van der Waals surface area (Å²) in [7, 11) is -7.36. The first-order valence-corrected chi connectivity index (χ1v) is 12.2. The summed E-state index contributed by atoms with van der Waals surface area (Å²) >= 11 is 13.3. The lowest BCUT2D eigenvalue weighted by Crippen LogP contribution is -2.33. The molecule has 0 spiro atoms. The Labute approximate surface area is 161 Å². The zero-order valence-corrected chi connectivity index (χ0v) is 16.9. The van der Waals surface area contributed by atoms with Crippen molar-refractivity contribution in [1.29, 1.82) is 0 Å². The van der Waals surface area contributed by atoms with Gasteiger partial charge in [-0.25, -0.2) is 16.8 Å². The molecule has 0 aliphatic carbocycles. The molecular formula is C15H15Cl2NO4S3. The van der Waals surface area contributed by atoms with E-state index in [9.17, 15) is 16.8 Å². The Balaban J connectivity index is 1.93. The minimum Gasteiger partial charge on any atom is -0.228 e. The highest BCUT2D eigenvalue weighted by Crippen LogP contribution is 2.35. The zero-order valence-electron chi connectivity index (χ0n) is 12.9. The van der Waals surface area contributed by atoms with E-state index in [2.05, 4.69) is 0 Å². The summed E-state index contributed by atoms with van der Waals surface area (Å²) in [6.07, 6.45) is 0.209. The number of thiophene rings is 1. The molecule has 1 aromatic heterocycles. The van der Waals surface area contributed by atoms with Crippen molar-refractivity contribution in [2.75, 3.05) is 18.8 Å². The third kappa shape index (κ3) is 3.89. The van der Waals surface area contributed by atoms with Crippen molar-refractivity contribution in [3.05, 3.63) is 50.6 Å². The van der Waals surface area contributed by atoms with E-state index in [1.807, 2.05) is 5.38 Å². The van der Waals surface area contributed by atoms with Gasteiger partial charge in [-0.15, -0.1) is 11.3 Å². The summed E-state index contributed by atoms with van der Waals surface area (Å²) in [5.41, 5.74) is 0. The van der Waals surface area contributed by atoms with Gasteiger partial charge in [0.25, 0.3) is 0 Å². The third-order valence-electron chi connectivity index (χ3n) is 4.07. The van der Waals surface area contributed by atoms with Crippen LogP contribution in [-0.2, 0) is 19.9 Å². The van der Waals surface area contributed by atoms with Crippen molar-refractivity contribution in [3.8, 4) is 0 Å². The first kappa shape index (κ1) is 19.1. The van der Waals surface area contributed by atoms with Crippen LogP contribution >= 0.6 is 34.5 Å². The van der Waals surface area contributed by atoms with E-state index in [1.165, 1.54) is 33.8 Å². The smallest absolute Gasteiger partial charge is 0.228 e. The van der Waals surface area contributed by atoms with E-state index in [0.29, 0.717) is 0 Å². The van der Waals surface area contributed by atoms with Crippen LogP contribution in [0.5, 0.6) is 0 Å². The quantitative estimate of drug-likeness (QED) is 0.731. The standard InChI is InChI=1S/C15H15Cl2NO4S3/c16-11-3-4-12(17)15(10-11)25(21,22)18-6-5-14(13-2-1-8-23-13)24(19,20)9-7-18/h1-4,8,10,14H,5-7,9H2.